The average molecular weight is 529 g/mol. The van der Waals surface area contributed by atoms with Crippen LogP contribution in [-0.4, -0.2) is 5.71 Å². The Morgan fingerprint density at radius 3 is 1.44 bits per heavy atom. The fraction of sp³-hybridized carbons (Fsp3) is 0.100. The van der Waals surface area contributed by atoms with E-state index < -0.39 is 7.26 Å². The van der Waals surface area contributed by atoms with Gasteiger partial charge in [0.1, 0.15) is 23.2 Å². The van der Waals surface area contributed by atoms with Gasteiger partial charge >= 0.3 is 0 Å². The van der Waals surface area contributed by atoms with E-state index in [1.54, 1.807) is 0 Å². The summed E-state index contributed by atoms with van der Waals surface area (Å²) in [6.45, 7) is 4.26. The minimum atomic E-state index is -2.04. The first-order valence-corrected chi connectivity index (χ1v) is 13.2. The lowest BCUT2D eigenvalue weighted by atomic mass is 10.1. The lowest BCUT2D eigenvalue weighted by molar-refractivity contribution is -0.00000660. The lowest BCUT2D eigenvalue weighted by Crippen LogP contribution is -3.00. The van der Waals surface area contributed by atoms with E-state index in [0.29, 0.717) is 0 Å². The Morgan fingerprint density at radius 2 is 1.06 bits per heavy atom. The molecule has 0 spiro atoms. The molecule has 4 heteroatoms. The first-order valence-electron chi connectivity index (χ1n) is 11.4. The molecule has 1 N–H and O–H groups in total. The van der Waals surface area contributed by atoms with Crippen molar-refractivity contribution in [3.05, 3.63) is 138 Å². The number of nitrogens with zero attached hydrogens (tertiary/aromatic N) is 1. The van der Waals surface area contributed by atoms with Crippen molar-refractivity contribution in [2.75, 3.05) is 0 Å². The van der Waals surface area contributed by atoms with Gasteiger partial charge in [0.25, 0.3) is 0 Å². The summed E-state index contributed by atoms with van der Waals surface area (Å²) in [5.74, 6) is 2.41. The normalized spacial score (nSPS) is 12.1. The van der Waals surface area contributed by atoms with Crippen molar-refractivity contribution in [3.8, 4) is 0 Å². The molecule has 0 amide bonds. The maximum Gasteiger partial charge on any atom is 0.138 e. The van der Waals surface area contributed by atoms with Crippen LogP contribution in [0.25, 0.3) is 0 Å². The van der Waals surface area contributed by atoms with E-state index >= 15 is 0 Å². The third-order valence-electron chi connectivity index (χ3n) is 5.69. The van der Waals surface area contributed by atoms with Gasteiger partial charge in [-0.05, 0) is 55.3 Å². The number of hydrogen-bond acceptors (Lipinski definition) is 2. The quantitative estimate of drug-likeness (QED) is 0.212. The first-order chi connectivity index (χ1) is 16.2. The minimum absolute atomic E-state index is 0. The number of allylic oxidation sites excluding steroid dienone is 1. The van der Waals surface area contributed by atoms with Gasteiger partial charge in [0.05, 0.1) is 17.2 Å². The monoisotopic (exact) mass is 528 g/mol. The maximum absolute atomic E-state index is 4.79. The number of rotatable bonds is 8. The summed E-state index contributed by atoms with van der Waals surface area (Å²) in [7, 11) is -2.04. The second-order valence-corrected chi connectivity index (χ2v) is 11.2. The zero-order valence-corrected chi connectivity index (χ0v) is 22.1. The van der Waals surface area contributed by atoms with Crippen molar-refractivity contribution in [1.29, 1.82) is 0 Å². The molecule has 0 saturated carbocycles. The Bertz CT molecular complexity index is 1110. The fourth-order valence-corrected chi connectivity index (χ4v) is 8.02. The smallest absolute Gasteiger partial charge is 0.138 e. The van der Waals surface area contributed by atoms with Crippen LogP contribution in [-0.2, 0) is 0 Å². The molecule has 172 valence electrons. The van der Waals surface area contributed by atoms with E-state index in [0.717, 1.165) is 23.4 Å². The highest BCUT2D eigenvalue weighted by molar-refractivity contribution is 7.98. The second-order valence-electron chi connectivity index (χ2n) is 7.93. The molecule has 0 atom stereocenters. The molecule has 0 saturated heterocycles. The molecule has 4 rings (SSSR count). The molecular formula is C30H30BrN2P. The molecule has 0 aliphatic heterocycles. The SMILES string of the molecule is CC/C(=N\N/C(C)=C/[P+](c1ccccc1)(c1ccccc1)c1ccccc1)c1ccccc1.[Br-]. The van der Waals surface area contributed by atoms with Gasteiger partial charge < -0.3 is 17.0 Å². The molecule has 34 heavy (non-hydrogen) atoms. The molecule has 0 radical (unpaired) electrons. The van der Waals surface area contributed by atoms with Crippen molar-refractivity contribution in [1.82, 2.24) is 5.43 Å². The van der Waals surface area contributed by atoms with E-state index in [4.69, 9.17) is 5.10 Å². The number of hydrazone groups is 1. The first kappa shape index (κ1) is 25.6. The van der Waals surface area contributed by atoms with E-state index in [2.05, 4.69) is 140 Å². The van der Waals surface area contributed by atoms with Crippen LogP contribution in [0.2, 0.25) is 0 Å². The summed E-state index contributed by atoms with van der Waals surface area (Å²) in [6, 6.07) is 42.9. The van der Waals surface area contributed by atoms with Crippen molar-refractivity contribution in [3.63, 3.8) is 0 Å². The van der Waals surface area contributed by atoms with E-state index in [9.17, 15) is 0 Å². The number of benzene rings is 4. The van der Waals surface area contributed by atoms with Crippen LogP contribution >= 0.6 is 7.26 Å². The highest BCUT2D eigenvalue weighted by atomic mass is 79.9. The van der Waals surface area contributed by atoms with Crippen LogP contribution in [0.5, 0.6) is 0 Å². The van der Waals surface area contributed by atoms with Crippen molar-refractivity contribution in [2.45, 2.75) is 20.3 Å². The largest absolute Gasteiger partial charge is 1.00 e. The van der Waals surface area contributed by atoms with Gasteiger partial charge in [0, 0.05) is 0 Å². The summed E-state index contributed by atoms with van der Waals surface area (Å²) in [6.07, 6.45) is 0.862. The Balaban J connectivity index is 0.00000324. The Labute approximate surface area is 214 Å². The number of hydrogen-bond donors (Lipinski definition) is 1. The van der Waals surface area contributed by atoms with Crippen LogP contribution in [0.4, 0.5) is 0 Å². The standard InChI is InChI=1S/C30H30N2P.BrH/c1-3-30(26-16-8-4-9-17-26)32-31-25(2)24-33(27-18-10-5-11-19-27,28-20-12-6-13-21-28)29-22-14-7-15-23-29;/h4-24,31H,3H2,1-2H3;1H/q+1;/p-1/b25-24+,32-30+;. The summed E-state index contributed by atoms with van der Waals surface area (Å²) in [5.41, 5.74) is 6.61. The Hall–Kier alpha value is -3.00. The molecule has 4 aromatic carbocycles. The number of nitrogens with one attached hydrogen (secondary N) is 1. The minimum Gasteiger partial charge on any atom is -1.00 e. The summed E-state index contributed by atoms with van der Waals surface area (Å²) < 4.78 is 0. The molecule has 0 bridgehead atoms. The molecule has 2 nitrogen and oxygen atoms in total. The van der Waals surface area contributed by atoms with E-state index in [-0.39, 0.29) is 17.0 Å². The summed E-state index contributed by atoms with van der Waals surface area (Å²) in [5, 5.41) is 8.77. The summed E-state index contributed by atoms with van der Waals surface area (Å²) >= 11 is 0. The number of halogens is 1. The Morgan fingerprint density at radius 1 is 0.676 bits per heavy atom. The van der Waals surface area contributed by atoms with Crippen LogP contribution in [0.3, 0.4) is 0 Å². The zero-order valence-electron chi connectivity index (χ0n) is 19.6. The van der Waals surface area contributed by atoms with Crippen molar-refractivity contribution >= 4 is 28.9 Å². The van der Waals surface area contributed by atoms with Crippen LogP contribution in [0, 0.1) is 0 Å². The molecule has 0 unspecified atom stereocenters. The highest BCUT2D eigenvalue weighted by Crippen LogP contribution is 2.57. The topological polar surface area (TPSA) is 24.4 Å². The van der Waals surface area contributed by atoms with E-state index in [1.165, 1.54) is 15.9 Å². The predicted molar refractivity (Wildman–Crippen MR) is 145 cm³/mol. The molecule has 0 aliphatic rings. The van der Waals surface area contributed by atoms with Gasteiger partial charge in [0.15, 0.2) is 0 Å². The summed E-state index contributed by atoms with van der Waals surface area (Å²) in [4.78, 5) is 0. The molecule has 0 heterocycles. The zero-order chi connectivity index (χ0) is 22.9. The van der Waals surface area contributed by atoms with Crippen LogP contribution in [0.15, 0.2) is 138 Å². The third kappa shape index (κ3) is 5.73. The maximum atomic E-state index is 4.79. The van der Waals surface area contributed by atoms with Crippen LogP contribution in [0.1, 0.15) is 25.8 Å². The van der Waals surface area contributed by atoms with Gasteiger partial charge in [-0.25, -0.2) is 0 Å². The molecule has 0 fully saturated rings. The Kier molecular flexibility index (Phi) is 9.39. The fourth-order valence-electron chi connectivity index (χ4n) is 4.11. The predicted octanol–water partition coefficient (Wildman–Crippen LogP) is 3.25. The van der Waals surface area contributed by atoms with Gasteiger partial charge in [0.2, 0.25) is 0 Å². The molecule has 4 aromatic rings. The van der Waals surface area contributed by atoms with Crippen LogP contribution < -0.4 is 38.3 Å². The molecular weight excluding hydrogens is 499 g/mol. The van der Waals surface area contributed by atoms with Gasteiger partial charge in [-0.2, -0.15) is 5.10 Å². The lowest BCUT2D eigenvalue weighted by Gasteiger charge is -2.24. The second kappa shape index (κ2) is 12.5. The van der Waals surface area contributed by atoms with Crippen molar-refractivity contribution < 1.29 is 17.0 Å². The molecule has 0 aromatic heterocycles. The van der Waals surface area contributed by atoms with E-state index in [1.807, 2.05) is 6.07 Å². The average Bonchev–Trinajstić information content (AvgIpc) is 2.90. The van der Waals surface area contributed by atoms with Gasteiger partial charge in [-0.1, -0.05) is 91.9 Å². The van der Waals surface area contributed by atoms with Gasteiger partial charge in [-0.15, -0.1) is 0 Å². The van der Waals surface area contributed by atoms with Crippen molar-refractivity contribution in [2.24, 2.45) is 5.10 Å². The molecule has 0 aliphatic carbocycles. The third-order valence-corrected chi connectivity index (χ3v) is 9.80. The van der Waals surface area contributed by atoms with Gasteiger partial charge in [-0.3, -0.25) is 5.43 Å². The highest BCUT2D eigenvalue weighted by Gasteiger charge is 2.43.